The molecule has 5 heteroatoms. The summed E-state index contributed by atoms with van der Waals surface area (Å²) >= 11 is 0. The number of phenols is 2. The maximum Gasteiger partial charge on any atom is 0.284 e. The first-order valence-electron chi connectivity index (χ1n) is 7.47. The van der Waals surface area contributed by atoms with Crippen LogP contribution in [0, 0.1) is 0 Å². The molecule has 1 atom stereocenters. The van der Waals surface area contributed by atoms with Crippen molar-refractivity contribution >= 4 is 5.91 Å². The molecular formula is C19H17NO4. The van der Waals surface area contributed by atoms with Crippen molar-refractivity contribution in [1.29, 1.82) is 0 Å². The number of carbonyl (C=O) groups excluding carboxylic acids is 1. The first kappa shape index (κ1) is 15.7. The smallest absolute Gasteiger partial charge is 0.284 e. The first-order valence-corrected chi connectivity index (χ1v) is 7.47. The van der Waals surface area contributed by atoms with Gasteiger partial charge in [-0.1, -0.05) is 19.1 Å². The summed E-state index contributed by atoms with van der Waals surface area (Å²) in [5.74, 6) is 0.0481. The number of phenolic OH excluding ortho intramolecular Hbond substituents is 2. The summed E-state index contributed by atoms with van der Waals surface area (Å²) in [4.78, 5) is 11.8. The highest BCUT2D eigenvalue weighted by Crippen LogP contribution is 2.34. The number of aromatic hydroxyl groups is 2. The number of amides is 1. The molecule has 0 radical (unpaired) electrons. The highest BCUT2D eigenvalue weighted by Gasteiger charge is 2.22. The van der Waals surface area contributed by atoms with Gasteiger partial charge in [0.05, 0.1) is 0 Å². The zero-order valence-corrected chi connectivity index (χ0v) is 13.1. The van der Waals surface area contributed by atoms with Gasteiger partial charge in [0.1, 0.15) is 17.3 Å². The van der Waals surface area contributed by atoms with E-state index in [1.807, 2.05) is 13.0 Å². The molecule has 4 N–H and O–H groups in total. The Morgan fingerprint density at radius 2 is 1.75 bits per heavy atom. The minimum atomic E-state index is -0.651. The number of hydrogen-bond acceptors (Lipinski definition) is 4. The van der Waals surface area contributed by atoms with Crippen LogP contribution in [0.25, 0.3) is 11.3 Å². The molecule has 5 nitrogen and oxygen atoms in total. The van der Waals surface area contributed by atoms with Crippen molar-refractivity contribution in [3.63, 3.8) is 0 Å². The second kappa shape index (κ2) is 6.12. The molecule has 0 saturated carbocycles. The van der Waals surface area contributed by atoms with E-state index in [-0.39, 0.29) is 23.2 Å². The first-order chi connectivity index (χ1) is 11.5. The maximum absolute atomic E-state index is 11.8. The number of carbonyl (C=O) groups is 1. The van der Waals surface area contributed by atoms with E-state index < -0.39 is 5.91 Å². The summed E-state index contributed by atoms with van der Waals surface area (Å²) in [6.45, 7) is 1.91. The average Bonchev–Trinajstić information content (AvgIpc) is 3.00. The molecule has 1 amide bonds. The number of primary amides is 1. The SMILES string of the molecule is C[C@@H](c1cccc(O)c1)c1cc(-c2ccc(O)cc2)oc1C(N)=O. The molecule has 24 heavy (non-hydrogen) atoms. The van der Waals surface area contributed by atoms with Gasteiger partial charge >= 0.3 is 0 Å². The molecule has 0 fully saturated rings. The fourth-order valence-electron chi connectivity index (χ4n) is 2.66. The van der Waals surface area contributed by atoms with Gasteiger partial charge in [-0.3, -0.25) is 4.79 Å². The van der Waals surface area contributed by atoms with Gasteiger partial charge in [-0.15, -0.1) is 0 Å². The Kier molecular flexibility index (Phi) is 4.00. The maximum atomic E-state index is 11.8. The highest BCUT2D eigenvalue weighted by molar-refractivity contribution is 5.92. The molecule has 1 aromatic heterocycles. The lowest BCUT2D eigenvalue weighted by molar-refractivity contribution is 0.0973. The topological polar surface area (TPSA) is 96.7 Å². The van der Waals surface area contributed by atoms with Gasteiger partial charge in [0.15, 0.2) is 5.76 Å². The third-order valence-corrected chi connectivity index (χ3v) is 3.97. The van der Waals surface area contributed by atoms with Crippen LogP contribution in [0.4, 0.5) is 0 Å². The van der Waals surface area contributed by atoms with E-state index in [0.717, 1.165) is 11.1 Å². The molecular weight excluding hydrogens is 306 g/mol. The fraction of sp³-hybridized carbons (Fsp3) is 0.105. The van der Waals surface area contributed by atoms with E-state index in [0.29, 0.717) is 11.3 Å². The summed E-state index contributed by atoms with van der Waals surface area (Å²) < 4.78 is 5.66. The second-order valence-electron chi connectivity index (χ2n) is 5.62. The summed E-state index contributed by atoms with van der Waals surface area (Å²) in [5, 5.41) is 19.0. The van der Waals surface area contributed by atoms with Crippen LogP contribution in [-0.4, -0.2) is 16.1 Å². The molecule has 122 valence electrons. The summed E-state index contributed by atoms with van der Waals surface area (Å²) in [5.41, 5.74) is 7.67. The van der Waals surface area contributed by atoms with E-state index in [9.17, 15) is 15.0 Å². The Hall–Kier alpha value is -3.21. The van der Waals surface area contributed by atoms with Gasteiger partial charge in [0.25, 0.3) is 5.91 Å². The molecule has 1 heterocycles. The van der Waals surface area contributed by atoms with Crippen molar-refractivity contribution in [2.75, 3.05) is 0 Å². The van der Waals surface area contributed by atoms with Crippen molar-refractivity contribution in [3.8, 4) is 22.8 Å². The predicted molar refractivity (Wildman–Crippen MR) is 90.0 cm³/mol. The van der Waals surface area contributed by atoms with Crippen LogP contribution >= 0.6 is 0 Å². The van der Waals surface area contributed by atoms with Crippen LogP contribution in [0.3, 0.4) is 0 Å². The monoisotopic (exact) mass is 323 g/mol. The summed E-state index contributed by atoms with van der Waals surface area (Å²) in [6.07, 6.45) is 0. The number of furan rings is 1. The zero-order valence-electron chi connectivity index (χ0n) is 13.1. The summed E-state index contributed by atoms with van der Waals surface area (Å²) in [6, 6.07) is 15.1. The van der Waals surface area contributed by atoms with Gasteiger partial charge in [0.2, 0.25) is 0 Å². The number of benzene rings is 2. The van der Waals surface area contributed by atoms with Crippen molar-refractivity contribution in [2.45, 2.75) is 12.8 Å². The number of nitrogens with two attached hydrogens (primary N) is 1. The van der Waals surface area contributed by atoms with E-state index in [2.05, 4.69) is 0 Å². The lowest BCUT2D eigenvalue weighted by atomic mass is 9.92. The van der Waals surface area contributed by atoms with Crippen molar-refractivity contribution in [1.82, 2.24) is 0 Å². The highest BCUT2D eigenvalue weighted by atomic mass is 16.4. The molecule has 0 aliphatic carbocycles. The van der Waals surface area contributed by atoms with Crippen LogP contribution in [0.15, 0.2) is 59.0 Å². The van der Waals surface area contributed by atoms with Crippen LogP contribution < -0.4 is 5.73 Å². The predicted octanol–water partition coefficient (Wildman–Crippen LogP) is 3.61. The van der Waals surface area contributed by atoms with E-state index in [1.54, 1.807) is 48.5 Å². The fourth-order valence-corrected chi connectivity index (χ4v) is 2.66. The molecule has 0 aliphatic heterocycles. The summed E-state index contributed by atoms with van der Waals surface area (Å²) in [7, 11) is 0. The number of rotatable bonds is 4. The van der Waals surface area contributed by atoms with Crippen LogP contribution in [0.5, 0.6) is 11.5 Å². The van der Waals surface area contributed by atoms with Crippen molar-refractivity contribution in [3.05, 3.63) is 71.5 Å². The van der Waals surface area contributed by atoms with Gasteiger partial charge in [-0.2, -0.15) is 0 Å². The average molecular weight is 323 g/mol. The zero-order chi connectivity index (χ0) is 17.3. The molecule has 3 aromatic rings. The second-order valence-corrected chi connectivity index (χ2v) is 5.62. The molecule has 0 spiro atoms. The van der Waals surface area contributed by atoms with Crippen molar-refractivity contribution < 1.29 is 19.4 Å². The third-order valence-electron chi connectivity index (χ3n) is 3.97. The van der Waals surface area contributed by atoms with Gasteiger partial charge in [-0.05, 0) is 48.0 Å². The Morgan fingerprint density at radius 3 is 2.38 bits per heavy atom. The lowest BCUT2D eigenvalue weighted by Gasteiger charge is -2.11. The van der Waals surface area contributed by atoms with Crippen LogP contribution in [-0.2, 0) is 0 Å². The Labute approximate surface area is 139 Å². The molecule has 2 aromatic carbocycles. The van der Waals surface area contributed by atoms with Crippen molar-refractivity contribution in [2.24, 2.45) is 5.73 Å². The van der Waals surface area contributed by atoms with E-state index >= 15 is 0 Å². The molecule has 0 unspecified atom stereocenters. The van der Waals surface area contributed by atoms with E-state index in [4.69, 9.17) is 10.2 Å². The quantitative estimate of drug-likeness (QED) is 0.683. The molecule has 0 bridgehead atoms. The van der Waals surface area contributed by atoms with Crippen LogP contribution in [0.1, 0.15) is 34.5 Å². The van der Waals surface area contributed by atoms with E-state index in [1.165, 1.54) is 0 Å². The minimum absolute atomic E-state index is 0.0916. The minimum Gasteiger partial charge on any atom is -0.508 e. The Bertz CT molecular complexity index is 881. The van der Waals surface area contributed by atoms with Gasteiger partial charge in [-0.25, -0.2) is 0 Å². The number of hydrogen-bond donors (Lipinski definition) is 3. The normalized spacial score (nSPS) is 12.0. The molecule has 3 rings (SSSR count). The lowest BCUT2D eigenvalue weighted by Crippen LogP contribution is -2.13. The Morgan fingerprint density at radius 1 is 1.04 bits per heavy atom. The van der Waals surface area contributed by atoms with Crippen LogP contribution in [0.2, 0.25) is 0 Å². The largest absolute Gasteiger partial charge is 0.508 e. The third kappa shape index (κ3) is 2.96. The van der Waals surface area contributed by atoms with Gasteiger partial charge in [0, 0.05) is 17.0 Å². The molecule has 0 aliphatic rings. The Balaban J connectivity index is 2.06. The standard InChI is InChI=1S/C19H17NO4/c1-11(13-3-2-4-15(22)9-13)16-10-17(24-18(16)19(20)23)12-5-7-14(21)8-6-12/h2-11,21-22H,1H3,(H2,20,23)/t11-/m0/s1. The van der Waals surface area contributed by atoms with Gasteiger partial charge < -0.3 is 20.4 Å². The molecule has 0 saturated heterocycles.